The van der Waals surface area contributed by atoms with Crippen molar-refractivity contribution in [3.05, 3.63) is 17.6 Å². The van der Waals surface area contributed by atoms with E-state index in [0.29, 0.717) is 6.04 Å². The fraction of sp³-hybridized carbons (Fsp3) is 0.714. The molecule has 0 spiro atoms. The van der Waals surface area contributed by atoms with E-state index in [2.05, 4.69) is 22.2 Å². The summed E-state index contributed by atoms with van der Waals surface area (Å²) in [6.45, 7) is 5.89. The summed E-state index contributed by atoms with van der Waals surface area (Å²) in [7, 11) is 0. The van der Waals surface area contributed by atoms with Crippen LogP contribution >= 0.6 is 0 Å². The van der Waals surface area contributed by atoms with Crippen molar-refractivity contribution in [2.45, 2.75) is 52.0 Å². The summed E-state index contributed by atoms with van der Waals surface area (Å²) in [4.78, 5) is 8.66. The number of nitrogens with one attached hydrogen (secondary N) is 1. The van der Waals surface area contributed by atoms with Crippen molar-refractivity contribution >= 4 is 0 Å². The van der Waals surface area contributed by atoms with Gasteiger partial charge < -0.3 is 10.1 Å². The van der Waals surface area contributed by atoms with Crippen LogP contribution in [-0.4, -0.2) is 29.2 Å². The van der Waals surface area contributed by atoms with Gasteiger partial charge >= 0.3 is 0 Å². The van der Waals surface area contributed by atoms with Gasteiger partial charge in [-0.25, -0.2) is 4.98 Å². The predicted octanol–water partition coefficient (Wildman–Crippen LogP) is 2.26. The summed E-state index contributed by atoms with van der Waals surface area (Å²) in [5.74, 6) is 1.51. The summed E-state index contributed by atoms with van der Waals surface area (Å²) in [5, 5.41) is 3.53. The molecule has 1 unspecified atom stereocenters. The average Bonchev–Trinajstić information content (AvgIpc) is 2.39. The van der Waals surface area contributed by atoms with E-state index in [0.717, 1.165) is 43.4 Å². The van der Waals surface area contributed by atoms with E-state index in [-0.39, 0.29) is 0 Å². The minimum atomic E-state index is 0.618. The van der Waals surface area contributed by atoms with Gasteiger partial charge in [0, 0.05) is 17.8 Å². The Morgan fingerprint density at radius 1 is 1.39 bits per heavy atom. The fourth-order valence-corrected chi connectivity index (χ4v) is 2.33. The molecule has 1 atom stereocenters. The molecule has 0 bridgehead atoms. The molecule has 0 radical (unpaired) electrons. The molecule has 1 N–H and O–H groups in total. The lowest BCUT2D eigenvalue weighted by molar-refractivity contribution is 0.259. The van der Waals surface area contributed by atoms with E-state index in [4.69, 9.17) is 4.74 Å². The minimum absolute atomic E-state index is 0.618. The summed E-state index contributed by atoms with van der Waals surface area (Å²) < 4.78 is 5.74. The Morgan fingerprint density at radius 3 is 3.00 bits per heavy atom. The maximum atomic E-state index is 5.74. The SMILES string of the molecule is CCc1cc(OCCC2CCCCN2)nc(C)n1. The van der Waals surface area contributed by atoms with Crippen molar-refractivity contribution in [2.75, 3.05) is 13.2 Å². The topological polar surface area (TPSA) is 47.0 Å². The Hall–Kier alpha value is -1.16. The zero-order chi connectivity index (χ0) is 12.8. The van der Waals surface area contributed by atoms with Crippen molar-refractivity contribution in [2.24, 2.45) is 0 Å². The summed E-state index contributed by atoms with van der Waals surface area (Å²) in [6.07, 6.45) is 5.90. The molecule has 2 heterocycles. The van der Waals surface area contributed by atoms with Gasteiger partial charge in [-0.15, -0.1) is 0 Å². The number of aryl methyl sites for hydroxylation is 2. The molecular formula is C14H23N3O. The number of ether oxygens (including phenoxy) is 1. The highest BCUT2D eigenvalue weighted by Crippen LogP contribution is 2.13. The summed E-state index contributed by atoms with van der Waals surface area (Å²) >= 11 is 0. The van der Waals surface area contributed by atoms with Crippen LogP contribution in [0.3, 0.4) is 0 Å². The van der Waals surface area contributed by atoms with Gasteiger partial charge in [0.2, 0.25) is 5.88 Å². The third-order valence-corrected chi connectivity index (χ3v) is 3.36. The second-order valence-electron chi connectivity index (χ2n) is 4.88. The Kier molecular flexibility index (Phi) is 4.93. The number of nitrogens with zero attached hydrogens (tertiary/aromatic N) is 2. The lowest BCUT2D eigenvalue weighted by Crippen LogP contribution is -2.35. The normalized spacial score (nSPS) is 19.8. The molecule has 0 aromatic carbocycles. The van der Waals surface area contributed by atoms with Crippen LogP contribution in [0.1, 0.15) is 44.1 Å². The first-order valence-electron chi connectivity index (χ1n) is 6.98. The molecule has 0 aliphatic carbocycles. The van der Waals surface area contributed by atoms with Crippen LogP contribution in [-0.2, 0) is 6.42 Å². The van der Waals surface area contributed by atoms with Crippen LogP contribution in [0.15, 0.2) is 6.07 Å². The molecule has 1 aliphatic heterocycles. The zero-order valence-corrected chi connectivity index (χ0v) is 11.4. The van der Waals surface area contributed by atoms with Crippen molar-refractivity contribution < 1.29 is 4.74 Å². The summed E-state index contributed by atoms with van der Waals surface area (Å²) in [5.41, 5.74) is 1.05. The van der Waals surface area contributed by atoms with Gasteiger partial charge in [-0.1, -0.05) is 13.3 Å². The number of rotatable bonds is 5. The van der Waals surface area contributed by atoms with E-state index >= 15 is 0 Å². The maximum absolute atomic E-state index is 5.74. The molecule has 18 heavy (non-hydrogen) atoms. The number of aromatic nitrogens is 2. The van der Waals surface area contributed by atoms with Crippen LogP contribution < -0.4 is 10.1 Å². The molecule has 4 nitrogen and oxygen atoms in total. The first-order chi connectivity index (χ1) is 8.78. The highest BCUT2D eigenvalue weighted by molar-refractivity contribution is 5.15. The van der Waals surface area contributed by atoms with Gasteiger partial charge in [0.25, 0.3) is 0 Å². The van der Waals surface area contributed by atoms with Gasteiger partial charge in [-0.05, 0) is 39.2 Å². The number of hydrogen-bond donors (Lipinski definition) is 1. The van der Waals surface area contributed by atoms with Crippen LogP contribution in [0.4, 0.5) is 0 Å². The third-order valence-electron chi connectivity index (χ3n) is 3.36. The van der Waals surface area contributed by atoms with Gasteiger partial charge in [0.15, 0.2) is 0 Å². The fourth-order valence-electron chi connectivity index (χ4n) is 2.33. The standard InChI is InChI=1S/C14H23N3O/c1-3-12-10-14(17-11(2)16-12)18-9-7-13-6-4-5-8-15-13/h10,13,15H,3-9H2,1-2H3. The van der Waals surface area contributed by atoms with Crippen LogP contribution in [0.2, 0.25) is 0 Å². The molecule has 4 heteroatoms. The molecule has 1 aromatic rings. The maximum Gasteiger partial charge on any atom is 0.216 e. The van der Waals surface area contributed by atoms with Crippen molar-refractivity contribution in [3.8, 4) is 5.88 Å². The first-order valence-corrected chi connectivity index (χ1v) is 6.98. The van der Waals surface area contributed by atoms with Crippen molar-refractivity contribution in [1.29, 1.82) is 0 Å². The Balaban J connectivity index is 1.80. The van der Waals surface area contributed by atoms with Gasteiger partial charge in [-0.2, -0.15) is 4.98 Å². The van der Waals surface area contributed by atoms with Crippen molar-refractivity contribution in [3.63, 3.8) is 0 Å². The van der Waals surface area contributed by atoms with E-state index in [1.165, 1.54) is 19.3 Å². The van der Waals surface area contributed by atoms with E-state index in [1.54, 1.807) is 0 Å². The first kappa shape index (κ1) is 13.3. The molecule has 1 saturated heterocycles. The predicted molar refractivity (Wildman–Crippen MR) is 71.9 cm³/mol. The Labute approximate surface area is 109 Å². The van der Waals surface area contributed by atoms with E-state index in [9.17, 15) is 0 Å². The molecule has 0 saturated carbocycles. The van der Waals surface area contributed by atoms with Gasteiger partial charge in [-0.3, -0.25) is 0 Å². The molecule has 1 aliphatic rings. The molecule has 2 rings (SSSR count). The second kappa shape index (κ2) is 6.69. The highest BCUT2D eigenvalue weighted by Gasteiger charge is 2.12. The average molecular weight is 249 g/mol. The molecule has 1 fully saturated rings. The lowest BCUT2D eigenvalue weighted by Gasteiger charge is -2.23. The van der Waals surface area contributed by atoms with Gasteiger partial charge in [0.05, 0.1) is 6.61 Å². The lowest BCUT2D eigenvalue weighted by atomic mass is 10.0. The molecule has 100 valence electrons. The van der Waals surface area contributed by atoms with Crippen LogP contribution in [0.5, 0.6) is 5.88 Å². The van der Waals surface area contributed by atoms with Crippen LogP contribution in [0, 0.1) is 6.92 Å². The second-order valence-corrected chi connectivity index (χ2v) is 4.88. The molecule has 0 amide bonds. The van der Waals surface area contributed by atoms with Gasteiger partial charge in [0.1, 0.15) is 5.82 Å². The smallest absolute Gasteiger partial charge is 0.216 e. The monoisotopic (exact) mass is 249 g/mol. The largest absolute Gasteiger partial charge is 0.478 e. The number of hydrogen-bond acceptors (Lipinski definition) is 4. The van der Waals surface area contributed by atoms with E-state index in [1.807, 2.05) is 13.0 Å². The van der Waals surface area contributed by atoms with Crippen molar-refractivity contribution in [1.82, 2.24) is 15.3 Å². The minimum Gasteiger partial charge on any atom is -0.478 e. The quantitative estimate of drug-likeness (QED) is 0.869. The third kappa shape index (κ3) is 3.95. The van der Waals surface area contributed by atoms with Crippen LogP contribution in [0.25, 0.3) is 0 Å². The number of piperidine rings is 1. The Morgan fingerprint density at radius 2 is 2.28 bits per heavy atom. The highest BCUT2D eigenvalue weighted by atomic mass is 16.5. The zero-order valence-electron chi connectivity index (χ0n) is 11.4. The van der Waals surface area contributed by atoms with E-state index < -0.39 is 0 Å². The molecule has 1 aromatic heterocycles. The Bertz CT molecular complexity index is 375. The molecular weight excluding hydrogens is 226 g/mol. The summed E-state index contributed by atoms with van der Waals surface area (Å²) in [6, 6.07) is 2.56.